The van der Waals surface area contributed by atoms with Crippen LogP contribution in [-0.4, -0.2) is 94.6 Å². The average molecular weight is 788 g/mol. The van der Waals surface area contributed by atoms with Gasteiger partial charge in [-0.3, -0.25) is 9.69 Å². The number of halogens is 1. The van der Waals surface area contributed by atoms with Crippen molar-refractivity contribution in [3.05, 3.63) is 94.7 Å². The van der Waals surface area contributed by atoms with Gasteiger partial charge in [0.25, 0.3) is 5.91 Å². The van der Waals surface area contributed by atoms with E-state index >= 15 is 0 Å². The number of nitrogens with zero attached hydrogens (tertiary/aromatic N) is 4. The number of allylic oxidation sites excluding steroid dienone is 1. The van der Waals surface area contributed by atoms with Gasteiger partial charge in [0.2, 0.25) is 10.0 Å². The highest BCUT2D eigenvalue weighted by Gasteiger charge is 2.50. The Morgan fingerprint density at radius 2 is 1.87 bits per heavy atom. The van der Waals surface area contributed by atoms with E-state index in [2.05, 4.69) is 54.8 Å². The minimum absolute atomic E-state index is 0.233. The van der Waals surface area contributed by atoms with Crippen molar-refractivity contribution >= 4 is 39.0 Å². The van der Waals surface area contributed by atoms with Crippen LogP contribution < -0.4 is 19.3 Å². The molecule has 1 saturated carbocycles. The summed E-state index contributed by atoms with van der Waals surface area (Å²) < 4.78 is 43.1. The summed E-state index contributed by atoms with van der Waals surface area (Å²) in [7, 11) is -2.13. The number of amides is 1. The number of ether oxygens (including phenoxy) is 2. The summed E-state index contributed by atoms with van der Waals surface area (Å²) >= 11 is 6.51. The van der Waals surface area contributed by atoms with E-state index in [0.717, 1.165) is 87.9 Å². The van der Waals surface area contributed by atoms with Gasteiger partial charge in [0.05, 0.1) is 17.5 Å². The number of hydrogen-bond donors (Lipinski definition) is 1. The number of anilines is 2. The molecule has 6 atom stereocenters. The van der Waals surface area contributed by atoms with E-state index in [-0.39, 0.29) is 17.3 Å². The van der Waals surface area contributed by atoms with Crippen LogP contribution in [0.1, 0.15) is 67.4 Å². The number of sulfonamides is 1. The maximum Gasteiger partial charge on any atom is 0.264 e. The first kappa shape index (κ1) is 38.2. The largest absolute Gasteiger partial charge is 0.490 e. The molecule has 8 rings (SSSR count). The molecule has 55 heavy (non-hydrogen) atoms. The minimum atomic E-state index is -3.97. The third kappa shape index (κ3) is 7.49. The third-order valence-corrected chi connectivity index (χ3v) is 15.6. The van der Waals surface area contributed by atoms with Crippen LogP contribution in [0.3, 0.4) is 0 Å². The molecule has 1 aromatic heterocycles. The van der Waals surface area contributed by atoms with Gasteiger partial charge in [0, 0.05) is 75.1 Å². The molecule has 1 amide bonds. The second-order valence-corrected chi connectivity index (χ2v) is 19.1. The highest BCUT2D eigenvalue weighted by molar-refractivity contribution is 7.90. The zero-order valence-corrected chi connectivity index (χ0v) is 33.8. The molecule has 1 saturated heterocycles. The first-order valence-corrected chi connectivity index (χ1v) is 21.9. The Balaban J connectivity index is 1.16. The monoisotopic (exact) mass is 787 g/mol. The predicted molar refractivity (Wildman–Crippen MR) is 218 cm³/mol. The lowest BCUT2D eigenvalue weighted by Gasteiger charge is -2.52. The maximum atomic E-state index is 13.7. The predicted octanol–water partition coefficient (Wildman–Crippen LogP) is 6.49. The molecule has 3 aliphatic heterocycles. The maximum absolute atomic E-state index is 13.7. The number of piperazine rings is 1. The highest BCUT2D eigenvalue weighted by atomic mass is 35.5. The fourth-order valence-electron chi connectivity index (χ4n) is 9.83. The number of rotatable bonds is 4. The molecule has 4 heterocycles. The third-order valence-electron chi connectivity index (χ3n) is 13.4. The normalized spacial score (nSPS) is 31.6. The van der Waals surface area contributed by atoms with Crippen molar-refractivity contribution < 1.29 is 22.7 Å². The Bertz CT molecular complexity index is 2020. The molecule has 2 bridgehead atoms. The zero-order chi connectivity index (χ0) is 38.4. The molecule has 0 radical (unpaired) electrons. The Morgan fingerprint density at radius 1 is 1.04 bits per heavy atom. The van der Waals surface area contributed by atoms with Gasteiger partial charge in [0.15, 0.2) is 0 Å². The summed E-state index contributed by atoms with van der Waals surface area (Å²) in [6.45, 7) is 9.89. The number of hydrogen-bond acceptors (Lipinski definition) is 9. The summed E-state index contributed by atoms with van der Waals surface area (Å²) in [6, 6.07) is 17.7. The number of aromatic nitrogens is 1. The van der Waals surface area contributed by atoms with E-state index < -0.39 is 26.8 Å². The summed E-state index contributed by atoms with van der Waals surface area (Å²) in [5.74, 6) is 1.41. The summed E-state index contributed by atoms with van der Waals surface area (Å²) in [5, 5.41) is -0.0464. The standard InChI is InChI=1S/C43H54ClN5O5S/c1-30-8-6-18-43(53-3,28-47-20-22-48(23-21-47)40-10-4-5-19-45-40)37-14-11-34(37)26-49-27-42(17-7-9-32-24-35(44)13-15-36(32)42)29-54-39-16-12-33(25-38(39)49)41(50)46-55(51,52)31(30)2/h4-6,10,12-13,15-16,18-19,24-25,30-31,34,37H,7-9,11,14,17,20-23,26-29H2,1-3H3,(H,46,50)/b18-6-/t30-,31+,34-,37+,42-,43+/m0/s1. The van der Waals surface area contributed by atoms with Gasteiger partial charge >= 0.3 is 0 Å². The van der Waals surface area contributed by atoms with Crippen LogP contribution in [0.2, 0.25) is 5.02 Å². The van der Waals surface area contributed by atoms with E-state index in [1.54, 1.807) is 13.0 Å². The fourth-order valence-corrected chi connectivity index (χ4v) is 11.3. The van der Waals surface area contributed by atoms with Gasteiger partial charge in [-0.25, -0.2) is 18.1 Å². The first-order chi connectivity index (χ1) is 26.5. The SMILES string of the molecule is CO[C@@]1(CN2CCN(c3ccccn3)CC2)/C=C\C[C@H](C)[C@@H](C)S(=O)(=O)NC(=O)c2ccc3c(c2)N(C[C@@H]2CC[C@H]21)C[C@@]1(CCCc2cc(Cl)ccc21)CO3. The second kappa shape index (κ2) is 15.4. The van der Waals surface area contributed by atoms with Gasteiger partial charge in [-0.1, -0.05) is 42.8 Å². The Kier molecular flexibility index (Phi) is 10.7. The number of nitrogens with one attached hydrogen (secondary N) is 1. The van der Waals surface area contributed by atoms with Crippen molar-refractivity contribution in [2.24, 2.45) is 17.8 Å². The van der Waals surface area contributed by atoms with Crippen LogP contribution in [0.15, 0.2) is 72.9 Å². The fraction of sp³-hybridized carbons (Fsp3) is 0.535. The van der Waals surface area contributed by atoms with Crippen LogP contribution >= 0.6 is 11.6 Å². The van der Waals surface area contributed by atoms with E-state index in [4.69, 9.17) is 21.1 Å². The molecule has 10 nitrogen and oxygen atoms in total. The number of carbonyl (C=O) groups is 1. The Hall–Kier alpha value is -3.64. The van der Waals surface area contributed by atoms with Gasteiger partial charge in [-0.05, 0) is 117 Å². The van der Waals surface area contributed by atoms with Gasteiger partial charge < -0.3 is 19.3 Å². The van der Waals surface area contributed by atoms with E-state index in [1.165, 1.54) is 11.1 Å². The molecule has 12 heteroatoms. The average Bonchev–Trinajstić information content (AvgIpc) is 3.32. The van der Waals surface area contributed by atoms with Crippen molar-refractivity contribution in [2.75, 3.05) is 69.3 Å². The Morgan fingerprint density at radius 3 is 2.62 bits per heavy atom. The summed E-state index contributed by atoms with van der Waals surface area (Å²) in [6.07, 6.45) is 11.8. The number of aryl methyl sites for hydroxylation is 1. The molecule has 2 aliphatic carbocycles. The lowest BCUT2D eigenvalue weighted by molar-refractivity contribution is -0.0920. The number of fused-ring (bicyclic) bond motifs is 4. The molecule has 1 spiro atoms. The number of methoxy groups -OCH3 is 1. The van der Waals surface area contributed by atoms with Crippen molar-refractivity contribution in [3.63, 3.8) is 0 Å². The number of carbonyl (C=O) groups excluding carboxylic acids is 1. The van der Waals surface area contributed by atoms with E-state index in [0.29, 0.717) is 36.8 Å². The number of pyridine rings is 1. The molecule has 1 N–H and O–H groups in total. The van der Waals surface area contributed by atoms with Crippen LogP contribution in [0, 0.1) is 17.8 Å². The lowest BCUT2D eigenvalue weighted by atomic mass is 9.63. The van der Waals surface area contributed by atoms with E-state index in [9.17, 15) is 13.2 Å². The van der Waals surface area contributed by atoms with Crippen LogP contribution in [0.5, 0.6) is 5.75 Å². The smallest absolute Gasteiger partial charge is 0.264 e. The van der Waals surface area contributed by atoms with Gasteiger partial charge in [0.1, 0.15) is 17.2 Å². The summed E-state index contributed by atoms with van der Waals surface area (Å²) in [4.78, 5) is 25.6. The van der Waals surface area contributed by atoms with Crippen LogP contribution in [0.4, 0.5) is 11.5 Å². The van der Waals surface area contributed by atoms with Crippen LogP contribution in [-0.2, 0) is 26.6 Å². The van der Waals surface area contributed by atoms with Crippen molar-refractivity contribution in [2.45, 2.75) is 68.6 Å². The first-order valence-electron chi connectivity index (χ1n) is 20.0. The molecular formula is C43H54ClN5O5S. The molecule has 5 aliphatic rings. The van der Waals surface area contributed by atoms with Gasteiger partial charge in [-0.2, -0.15) is 0 Å². The van der Waals surface area contributed by atoms with E-state index in [1.807, 2.05) is 50.6 Å². The molecule has 3 aromatic rings. The Labute approximate surface area is 331 Å². The molecule has 294 valence electrons. The second-order valence-electron chi connectivity index (χ2n) is 16.6. The lowest BCUT2D eigenvalue weighted by Crippen LogP contribution is -2.59. The summed E-state index contributed by atoms with van der Waals surface area (Å²) in [5.41, 5.74) is 2.83. The zero-order valence-electron chi connectivity index (χ0n) is 32.3. The molecule has 2 fully saturated rings. The number of benzene rings is 2. The van der Waals surface area contributed by atoms with Gasteiger partial charge in [-0.15, -0.1) is 0 Å². The van der Waals surface area contributed by atoms with Crippen molar-refractivity contribution in [1.82, 2.24) is 14.6 Å². The quantitative estimate of drug-likeness (QED) is 0.298. The minimum Gasteiger partial charge on any atom is -0.490 e. The van der Waals surface area contributed by atoms with Crippen molar-refractivity contribution in [1.29, 1.82) is 0 Å². The topological polar surface area (TPSA) is 104 Å². The molecule has 2 aromatic carbocycles. The molecular weight excluding hydrogens is 734 g/mol. The highest BCUT2D eigenvalue weighted by Crippen LogP contribution is 2.49. The molecule has 0 unspecified atom stereocenters. The van der Waals surface area contributed by atoms with Crippen LogP contribution in [0.25, 0.3) is 0 Å². The van der Waals surface area contributed by atoms with Crippen molar-refractivity contribution in [3.8, 4) is 5.75 Å².